The maximum absolute atomic E-state index is 13.7. The molecule has 4 rings (SSSR count). The largest absolute Gasteiger partial charge is 0.383 e. The molecule has 11 heteroatoms. The summed E-state index contributed by atoms with van der Waals surface area (Å²) < 4.78 is 29.1. The maximum Gasteiger partial charge on any atom is 0.283 e. The van der Waals surface area contributed by atoms with E-state index in [1.165, 1.54) is 22.7 Å². The number of hydrogen-bond acceptors (Lipinski definition) is 7. The molecule has 0 radical (unpaired) electrons. The van der Waals surface area contributed by atoms with Crippen molar-refractivity contribution in [1.82, 2.24) is 19.6 Å². The molecule has 1 atom stereocenters. The quantitative estimate of drug-likeness (QED) is 0.211. The fourth-order valence-electron chi connectivity index (χ4n) is 5.81. The topological polar surface area (TPSA) is 125 Å². The number of carbonyl (C=O) groups is 2. The minimum Gasteiger partial charge on any atom is -0.383 e. The molecule has 1 saturated carbocycles. The van der Waals surface area contributed by atoms with E-state index in [2.05, 4.69) is 58.3 Å². The molecular formula is C34H48N6O4S. The van der Waals surface area contributed by atoms with Gasteiger partial charge >= 0.3 is 0 Å². The molecule has 1 heterocycles. The highest BCUT2D eigenvalue weighted by Gasteiger charge is 2.30. The molecular weight excluding hydrogens is 588 g/mol. The Morgan fingerprint density at radius 3 is 2.47 bits per heavy atom. The number of hydrogen-bond donors (Lipinski definition) is 3. The average molecular weight is 637 g/mol. The van der Waals surface area contributed by atoms with Crippen molar-refractivity contribution in [3.05, 3.63) is 72.2 Å². The van der Waals surface area contributed by atoms with Crippen molar-refractivity contribution in [2.75, 3.05) is 30.4 Å². The van der Waals surface area contributed by atoms with Crippen molar-refractivity contribution in [2.24, 2.45) is 18.9 Å². The number of aryl methyl sites for hydroxylation is 1. The van der Waals surface area contributed by atoms with Crippen molar-refractivity contribution >= 4 is 33.2 Å². The van der Waals surface area contributed by atoms with Gasteiger partial charge in [0.15, 0.2) is 5.03 Å². The third-order valence-electron chi connectivity index (χ3n) is 8.43. The number of nitrogens with zero attached hydrogens (tertiary/aromatic N) is 3. The molecule has 0 aliphatic heterocycles. The van der Waals surface area contributed by atoms with Gasteiger partial charge in [0.1, 0.15) is 0 Å². The summed E-state index contributed by atoms with van der Waals surface area (Å²) in [6.45, 7) is 6.00. The summed E-state index contributed by atoms with van der Waals surface area (Å²) in [7, 11) is -0.389. The molecule has 1 aromatic heterocycles. The molecule has 2 aromatic carbocycles. The normalized spacial score (nSPS) is 14.6. The smallest absolute Gasteiger partial charge is 0.283 e. The monoisotopic (exact) mass is 636 g/mol. The Labute approximate surface area is 268 Å². The van der Waals surface area contributed by atoms with Gasteiger partial charge < -0.3 is 20.1 Å². The highest BCUT2D eigenvalue weighted by molar-refractivity contribution is 7.90. The molecule has 0 saturated heterocycles. The van der Waals surface area contributed by atoms with Crippen LogP contribution in [0.3, 0.4) is 0 Å². The van der Waals surface area contributed by atoms with E-state index in [0.717, 1.165) is 62.9 Å². The Balaban J connectivity index is 1.51. The van der Waals surface area contributed by atoms with E-state index >= 15 is 0 Å². The number of benzene rings is 2. The van der Waals surface area contributed by atoms with Gasteiger partial charge in [0.05, 0.1) is 17.7 Å². The van der Waals surface area contributed by atoms with Gasteiger partial charge in [0, 0.05) is 51.4 Å². The van der Waals surface area contributed by atoms with Gasteiger partial charge in [0.25, 0.3) is 15.9 Å². The number of amides is 2. The van der Waals surface area contributed by atoms with E-state index in [1.807, 2.05) is 36.4 Å². The van der Waals surface area contributed by atoms with Crippen LogP contribution in [0, 0.1) is 11.8 Å². The van der Waals surface area contributed by atoms with E-state index in [9.17, 15) is 18.0 Å². The molecule has 3 N–H and O–H groups in total. The summed E-state index contributed by atoms with van der Waals surface area (Å²) in [6.07, 6.45) is 9.33. The Bertz CT molecular complexity index is 1520. The molecule has 0 bridgehead atoms. The Morgan fingerprint density at radius 2 is 1.80 bits per heavy atom. The van der Waals surface area contributed by atoms with Crippen molar-refractivity contribution in [2.45, 2.75) is 76.3 Å². The molecule has 1 aliphatic carbocycles. The number of imidazole rings is 1. The predicted octanol–water partition coefficient (Wildman–Crippen LogP) is 5.13. The number of sulfonamides is 1. The van der Waals surface area contributed by atoms with Crippen LogP contribution in [0.2, 0.25) is 0 Å². The van der Waals surface area contributed by atoms with Crippen LogP contribution in [0.1, 0.15) is 74.7 Å². The molecule has 1 fully saturated rings. The second kappa shape index (κ2) is 15.9. The van der Waals surface area contributed by atoms with Gasteiger partial charge in [-0.25, -0.2) is 9.71 Å². The van der Waals surface area contributed by atoms with E-state index in [0.29, 0.717) is 18.0 Å². The van der Waals surface area contributed by atoms with Crippen LogP contribution in [-0.2, 0) is 28.3 Å². The molecule has 45 heavy (non-hydrogen) atoms. The number of carbonyl (C=O) groups excluding carboxylic acids is 2. The molecule has 10 nitrogen and oxygen atoms in total. The van der Waals surface area contributed by atoms with Gasteiger partial charge in [-0.2, -0.15) is 8.42 Å². The summed E-state index contributed by atoms with van der Waals surface area (Å²) in [4.78, 5) is 32.8. The second-order valence-electron chi connectivity index (χ2n) is 12.6. The molecule has 0 spiro atoms. The first-order chi connectivity index (χ1) is 21.5. The summed E-state index contributed by atoms with van der Waals surface area (Å²) in [5.41, 5.74) is 3.61. The number of aromatic nitrogens is 2. The third-order valence-corrected chi connectivity index (χ3v) is 9.69. The van der Waals surface area contributed by atoms with Gasteiger partial charge in [0.2, 0.25) is 5.91 Å². The predicted molar refractivity (Wildman–Crippen MR) is 179 cm³/mol. The zero-order chi connectivity index (χ0) is 32.4. The van der Waals surface area contributed by atoms with E-state index in [4.69, 9.17) is 0 Å². The third kappa shape index (κ3) is 10.1. The van der Waals surface area contributed by atoms with Crippen LogP contribution >= 0.6 is 0 Å². The fraction of sp³-hybridized carbons (Fsp3) is 0.500. The van der Waals surface area contributed by atoms with E-state index < -0.39 is 22.0 Å². The van der Waals surface area contributed by atoms with Crippen LogP contribution < -0.4 is 20.3 Å². The second-order valence-corrected chi connectivity index (χ2v) is 14.2. The first-order valence-corrected chi connectivity index (χ1v) is 17.5. The molecule has 3 aromatic rings. The van der Waals surface area contributed by atoms with Crippen LogP contribution in [-0.4, -0.2) is 56.0 Å². The molecule has 1 unspecified atom stereocenters. The van der Waals surface area contributed by atoms with E-state index in [-0.39, 0.29) is 23.3 Å². The summed E-state index contributed by atoms with van der Waals surface area (Å²) in [6, 6.07) is 15.4. The average Bonchev–Trinajstić information content (AvgIpc) is 3.47. The Kier molecular flexibility index (Phi) is 12.0. The molecule has 244 valence electrons. The minimum atomic E-state index is -4.11. The molecule has 1 aliphatic rings. The standard InChI is InChI=1S/C34H48N6O4S/c1-25(2)18-20-40(4)31-16-15-28(21-30(31)35-19-17-26-11-7-5-8-12-26)34(42)37-29(27-13-9-6-10-14-27)22-32(41)38-45(43,44)33-23-39(3)24-36-33/h5,7-8,11-12,15-16,21,23-25,27,29,35H,6,9-10,13-14,17-20,22H2,1-4H3,(H,37,42)(H,38,41). The van der Waals surface area contributed by atoms with Crippen LogP contribution in [0.15, 0.2) is 66.1 Å². The lowest BCUT2D eigenvalue weighted by Gasteiger charge is -2.31. The van der Waals surface area contributed by atoms with Gasteiger partial charge in [-0.15, -0.1) is 0 Å². The fourth-order valence-corrected chi connectivity index (χ4v) is 6.78. The van der Waals surface area contributed by atoms with Crippen LogP contribution in [0.25, 0.3) is 0 Å². The van der Waals surface area contributed by atoms with Crippen molar-refractivity contribution in [3.63, 3.8) is 0 Å². The highest BCUT2D eigenvalue weighted by atomic mass is 32.2. The highest BCUT2D eigenvalue weighted by Crippen LogP contribution is 2.30. The lowest BCUT2D eigenvalue weighted by molar-refractivity contribution is -0.120. The lowest BCUT2D eigenvalue weighted by Crippen LogP contribution is -2.45. The van der Waals surface area contributed by atoms with Crippen LogP contribution in [0.5, 0.6) is 0 Å². The van der Waals surface area contributed by atoms with Crippen molar-refractivity contribution in [3.8, 4) is 0 Å². The van der Waals surface area contributed by atoms with Crippen molar-refractivity contribution in [1.29, 1.82) is 0 Å². The Hall–Kier alpha value is -3.86. The summed E-state index contributed by atoms with van der Waals surface area (Å²) >= 11 is 0. The maximum atomic E-state index is 13.7. The summed E-state index contributed by atoms with van der Waals surface area (Å²) in [5.74, 6) is -0.300. The van der Waals surface area contributed by atoms with Gasteiger partial charge in [-0.05, 0) is 61.3 Å². The number of anilines is 2. The SMILES string of the molecule is CC(C)CCN(C)c1ccc(C(=O)NC(CC(=O)NS(=O)(=O)c2cn(C)cn2)C2CCCCC2)cc1NCCc1ccccc1. The lowest BCUT2D eigenvalue weighted by atomic mass is 9.82. The first-order valence-electron chi connectivity index (χ1n) is 16.0. The van der Waals surface area contributed by atoms with E-state index in [1.54, 1.807) is 7.05 Å². The van der Waals surface area contributed by atoms with Gasteiger partial charge in [-0.1, -0.05) is 63.4 Å². The summed E-state index contributed by atoms with van der Waals surface area (Å²) in [5, 5.41) is 6.44. The minimum absolute atomic E-state index is 0.0795. The van der Waals surface area contributed by atoms with Crippen molar-refractivity contribution < 1.29 is 18.0 Å². The first kappa shape index (κ1) is 34.0. The zero-order valence-corrected chi connectivity index (χ0v) is 27.8. The molecule has 2 amide bonds. The van der Waals surface area contributed by atoms with Crippen LogP contribution in [0.4, 0.5) is 11.4 Å². The number of nitrogens with one attached hydrogen (secondary N) is 3. The van der Waals surface area contributed by atoms with Gasteiger partial charge in [-0.3, -0.25) is 9.59 Å². The zero-order valence-electron chi connectivity index (χ0n) is 27.0. The number of rotatable bonds is 15. The Morgan fingerprint density at radius 1 is 1.07 bits per heavy atom.